The van der Waals surface area contributed by atoms with Crippen molar-refractivity contribution in [3.63, 3.8) is 0 Å². The minimum absolute atomic E-state index is 0.0866. The molecule has 2 N–H and O–H groups in total. The maximum absolute atomic E-state index is 11.1. The number of rotatable bonds is 2. The van der Waals surface area contributed by atoms with Gasteiger partial charge in [-0.15, -0.1) is 0 Å². The minimum Gasteiger partial charge on any atom is -0.476 e. The van der Waals surface area contributed by atoms with E-state index >= 15 is 0 Å². The summed E-state index contributed by atoms with van der Waals surface area (Å²) in [7, 11) is 0. The van der Waals surface area contributed by atoms with Crippen molar-refractivity contribution in [3.8, 4) is 0 Å². The van der Waals surface area contributed by atoms with Crippen LogP contribution in [0.25, 0.3) is 5.52 Å². The topological polar surface area (TPSA) is 66.6 Å². The SMILES string of the molecule is O=C(O)c1nc(C2CNC2)n2cc(Cl)ccc12. The molecule has 0 unspecified atom stereocenters. The van der Waals surface area contributed by atoms with Crippen LogP contribution in [0.2, 0.25) is 5.02 Å². The number of carboxylic acid groups (broad SMARTS) is 1. The van der Waals surface area contributed by atoms with Gasteiger partial charge in [-0.05, 0) is 12.1 Å². The van der Waals surface area contributed by atoms with Crippen LogP contribution in [0.5, 0.6) is 0 Å². The number of imidazole rings is 1. The molecule has 0 saturated carbocycles. The number of carboxylic acids is 1. The second kappa shape index (κ2) is 3.72. The molecule has 2 aromatic rings. The van der Waals surface area contributed by atoms with Gasteiger partial charge in [0.05, 0.1) is 10.5 Å². The number of nitrogens with one attached hydrogen (secondary N) is 1. The van der Waals surface area contributed by atoms with Crippen molar-refractivity contribution in [2.45, 2.75) is 5.92 Å². The highest BCUT2D eigenvalue weighted by atomic mass is 35.5. The van der Waals surface area contributed by atoms with Crippen molar-refractivity contribution in [3.05, 3.63) is 34.9 Å². The maximum atomic E-state index is 11.1. The van der Waals surface area contributed by atoms with E-state index in [9.17, 15) is 4.79 Å². The molecule has 5 nitrogen and oxygen atoms in total. The summed E-state index contributed by atoms with van der Waals surface area (Å²) in [5, 5.41) is 12.8. The summed E-state index contributed by atoms with van der Waals surface area (Å²) in [6, 6.07) is 3.36. The second-order valence-corrected chi connectivity index (χ2v) is 4.52. The van der Waals surface area contributed by atoms with E-state index in [1.165, 1.54) is 0 Å². The molecule has 3 heterocycles. The lowest BCUT2D eigenvalue weighted by Crippen LogP contribution is -2.40. The molecule has 0 bridgehead atoms. The van der Waals surface area contributed by atoms with Crippen LogP contribution in [0, 0.1) is 0 Å². The van der Waals surface area contributed by atoms with Crippen LogP contribution in [0.4, 0.5) is 0 Å². The van der Waals surface area contributed by atoms with Crippen LogP contribution < -0.4 is 5.32 Å². The number of hydrogen-bond acceptors (Lipinski definition) is 3. The summed E-state index contributed by atoms with van der Waals surface area (Å²) >= 11 is 5.93. The predicted octanol–water partition coefficient (Wildman–Crippen LogP) is 1.37. The van der Waals surface area contributed by atoms with Crippen molar-refractivity contribution < 1.29 is 9.90 Å². The molecule has 17 heavy (non-hydrogen) atoms. The Morgan fingerprint density at radius 1 is 1.53 bits per heavy atom. The number of nitrogens with zero attached hydrogens (tertiary/aromatic N) is 2. The van der Waals surface area contributed by atoms with Gasteiger partial charge < -0.3 is 14.8 Å². The fourth-order valence-corrected chi connectivity index (χ4v) is 2.16. The molecule has 1 aliphatic heterocycles. The summed E-state index contributed by atoms with van der Waals surface area (Å²) in [5.41, 5.74) is 0.673. The third-order valence-corrected chi connectivity index (χ3v) is 3.20. The fraction of sp³-hybridized carbons (Fsp3) is 0.273. The normalized spacial score (nSPS) is 16.1. The van der Waals surface area contributed by atoms with E-state index in [0.717, 1.165) is 18.9 Å². The first-order valence-electron chi connectivity index (χ1n) is 5.28. The zero-order valence-electron chi connectivity index (χ0n) is 8.85. The molecule has 0 atom stereocenters. The molecule has 0 aliphatic carbocycles. The molecule has 1 aliphatic rings. The highest BCUT2D eigenvalue weighted by Crippen LogP contribution is 2.24. The predicted molar refractivity (Wildman–Crippen MR) is 62.8 cm³/mol. The van der Waals surface area contributed by atoms with E-state index in [-0.39, 0.29) is 11.6 Å². The van der Waals surface area contributed by atoms with Crippen molar-refractivity contribution >= 4 is 23.1 Å². The molecule has 1 fully saturated rings. The van der Waals surface area contributed by atoms with Gasteiger partial charge in [0.2, 0.25) is 0 Å². The third kappa shape index (κ3) is 1.59. The standard InChI is InChI=1S/C11H10ClN3O2/c12-7-1-2-8-9(11(16)17)14-10(15(8)5-7)6-3-13-4-6/h1-2,5-6,13H,3-4H2,(H,16,17). The van der Waals surface area contributed by atoms with Gasteiger partial charge in [0.15, 0.2) is 5.69 Å². The highest BCUT2D eigenvalue weighted by Gasteiger charge is 2.26. The van der Waals surface area contributed by atoms with Gasteiger partial charge in [-0.25, -0.2) is 9.78 Å². The number of aromatic carboxylic acids is 1. The van der Waals surface area contributed by atoms with E-state index in [4.69, 9.17) is 16.7 Å². The lowest BCUT2D eigenvalue weighted by Gasteiger charge is -2.25. The van der Waals surface area contributed by atoms with Crippen LogP contribution in [-0.2, 0) is 0 Å². The fourth-order valence-electron chi connectivity index (χ4n) is 2.00. The summed E-state index contributed by atoms with van der Waals surface area (Å²) in [5.74, 6) is 0.0103. The Kier molecular flexibility index (Phi) is 2.31. The molecule has 0 amide bonds. The Bertz CT molecular complexity index is 604. The van der Waals surface area contributed by atoms with Crippen molar-refractivity contribution in [2.75, 3.05) is 13.1 Å². The number of fused-ring (bicyclic) bond motifs is 1. The molecular formula is C11H10ClN3O2. The van der Waals surface area contributed by atoms with E-state index in [0.29, 0.717) is 10.5 Å². The number of pyridine rings is 1. The lowest BCUT2D eigenvalue weighted by molar-refractivity contribution is 0.0693. The van der Waals surface area contributed by atoms with Crippen molar-refractivity contribution in [2.24, 2.45) is 0 Å². The smallest absolute Gasteiger partial charge is 0.356 e. The van der Waals surface area contributed by atoms with Crippen LogP contribution >= 0.6 is 11.6 Å². The van der Waals surface area contributed by atoms with Crippen molar-refractivity contribution in [1.29, 1.82) is 0 Å². The van der Waals surface area contributed by atoms with Crippen LogP contribution in [0.15, 0.2) is 18.3 Å². The minimum atomic E-state index is -1.01. The van der Waals surface area contributed by atoms with E-state index in [1.807, 2.05) is 0 Å². The molecule has 0 radical (unpaired) electrons. The van der Waals surface area contributed by atoms with Crippen molar-refractivity contribution in [1.82, 2.24) is 14.7 Å². The number of hydrogen-bond donors (Lipinski definition) is 2. The Balaban J connectivity index is 2.26. The largest absolute Gasteiger partial charge is 0.476 e. The Morgan fingerprint density at radius 2 is 2.29 bits per heavy atom. The molecule has 0 aromatic carbocycles. The molecule has 6 heteroatoms. The average Bonchev–Trinajstić information content (AvgIpc) is 2.55. The van der Waals surface area contributed by atoms with Gasteiger partial charge in [0, 0.05) is 25.2 Å². The van der Waals surface area contributed by atoms with Crippen LogP contribution in [-0.4, -0.2) is 33.6 Å². The molecule has 3 rings (SSSR count). The Morgan fingerprint density at radius 3 is 2.88 bits per heavy atom. The van der Waals surface area contributed by atoms with Gasteiger partial charge in [0.25, 0.3) is 0 Å². The maximum Gasteiger partial charge on any atom is 0.356 e. The molecule has 88 valence electrons. The second-order valence-electron chi connectivity index (χ2n) is 4.08. The Hall–Kier alpha value is -1.59. The third-order valence-electron chi connectivity index (χ3n) is 2.98. The lowest BCUT2D eigenvalue weighted by atomic mass is 10.0. The highest BCUT2D eigenvalue weighted by molar-refractivity contribution is 6.30. The number of aromatic nitrogens is 2. The molecule has 0 spiro atoms. The van der Waals surface area contributed by atoms with Crippen LogP contribution in [0.1, 0.15) is 22.2 Å². The van der Waals surface area contributed by atoms with E-state index in [1.54, 1.807) is 22.7 Å². The van der Waals surface area contributed by atoms with Gasteiger partial charge in [-0.1, -0.05) is 11.6 Å². The van der Waals surface area contributed by atoms with E-state index in [2.05, 4.69) is 10.3 Å². The van der Waals surface area contributed by atoms with E-state index < -0.39 is 5.97 Å². The average molecular weight is 252 g/mol. The van der Waals surface area contributed by atoms with Gasteiger partial charge >= 0.3 is 5.97 Å². The molecule has 2 aromatic heterocycles. The zero-order valence-corrected chi connectivity index (χ0v) is 9.61. The first-order chi connectivity index (χ1) is 8.16. The van der Waals surface area contributed by atoms with Gasteiger partial charge in [0.1, 0.15) is 5.82 Å². The monoisotopic (exact) mass is 251 g/mol. The summed E-state index contributed by atoms with van der Waals surface area (Å²) in [6.45, 7) is 1.65. The molecule has 1 saturated heterocycles. The van der Waals surface area contributed by atoms with Crippen LogP contribution in [0.3, 0.4) is 0 Å². The number of halogens is 1. The van der Waals surface area contributed by atoms with Gasteiger partial charge in [-0.2, -0.15) is 0 Å². The first kappa shape index (κ1) is 10.6. The van der Waals surface area contributed by atoms with Gasteiger partial charge in [-0.3, -0.25) is 0 Å². The number of carbonyl (C=O) groups is 1. The summed E-state index contributed by atoms with van der Waals surface area (Å²) < 4.78 is 1.78. The Labute approximate surface area is 102 Å². The first-order valence-corrected chi connectivity index (χ1v) is 5.66. The summed E-state index contributed by atoms with van der Waals surface area (Å²) in [6.07, 6.45) is 1.71. The quantitative estimate of drug-likeness (QED) is 0.846. The zero-order chi connectivity index (χ0) is 12.0. The molecular weight excluding hydrogens is 242 g/mol. The summed E-state index contributed by atoms with van der Waals surface area (Å²) in [4.78, 5) is 15.3.